The molecule has 0 radical (unpaired) electrons. The molecule has 1 aromatic carbocycles. The van der Waals surface area contributed by atoms with Crippen molar-refractivity contribution in [2.45, 2.75) is 75.0 Å². The molecule has 2 aliphatic rings. The van der Waals surface area contributed by atoms with Crippen LogP contribution >= 0.6 is 12.4 Å². The molecule has 8 heteroatoms. The van der Waals surface area contributed by atoms with Gasteiger partial charge in [0.05, 0.1) is 4.90 Å². The Hall–Kier alpha value is -1.15. The standard InChI is InChI=1S/C18H27N3O3S.ClH/c1-18(2,3)21-25(23,24)16-8-4-12(5-9-16)17(22)20-15-10-13-6-7-14(11-15)19-13;/h4-5,8-9,13-15,19,21H,6-7,10-11H2,1-3H3,(H,20,22);1H. The van der Waals surface area contributed by atoms with E-state index in [1.165, 1.54) is 25.0 Å². The number of benzene rings is 1. The lowest BCUT2D eigenvalue weighted by molar-refractivity contribution is 0.0924. The summed E-state index contributed by atoms with van der Waals surface area (Å²) < 4.78 is 27.2. The molecule has 2 bridgehead atoms. The highest BCUT2D eigenvalue weighted by Crippen LogP contribution is 2.27. The van der Waals surface area contributed by atoms with Crippen LogP contribution in [-0.2, 0) is 10.0 Å². The molecule has 0 aromatic heterocycles. The molecule has 3 rings (SSSR count). The van der Waals surface area contributed by atoms with Crippen LogP contribution in [-0.4, -0.2) is 38.0 Å². The molecular formula is C18H28ClN3O3S. The van der Waals surface area contributed by atoms with E-state index < -0.39 is 15.6 Å². The average molecular weight is 402 g/mol. The molecule has 0 spiro atoms. The molecule has 0 aliphatic carbocycles. The number of rotatable bonds is 4. The molecular weight excluding hydrogens is 374 g/mol. The fraction of sp³-hybridized carbons (Fsp3) is 0.611. The van der Waals surface area contributed by atoms with Crippen molar-refractivity contribution in [1.29, 1.82) is 0 Å². The molecule has 2 atom stereocenters. The summed E-state index contributed by atoms with van der Waals surface area (Å²) in [5.74, 6) is -0.140. The Morgan fingerprint density at radius 2 is 1.62 bits per heavy atom. The third-order valence-electron chi connectivity index (χ3n) is 4.68. The maximum absolute atomic E-state index is 12.4. The van der Waals surface area contributed by atoms with E-state index in [0.29, 0.717) is 17.6 Å². The van der Waals surface area contributed by atoms with E-state index >= 15 is 0 Å². The minimum absolute atomic E-state index is 0. The molecule has 2 heterocycles. The van der Waals surface area contributed by atoms with Crippen LogP contribution in [0.1, 0.15) is 56.8 Å². The lowest BCUT2D eigenvalue weighted by Gasteiger charge is -2.29. The van der Waals surface area contributed by atoms with E-state index in [1.54, 1.807) is 32.9 Å². The van der Waals surface area contributed by atoms with Gasteiger partial charge in [0.1, 0.15) is 0 Å². The van der Waals surface area contributed by atoms with Crippen LogP contribution in [0.5, 0.6) is 0 Å². The first-order valence-corrected chi connectivity index (χ1v) is 10.3. The van der Waals surface area contributed by atoms with Crippen LogP contribution in [0.3, 0.4) is 0 Å². The van der Waals surface area contributed by atoms with Crippen LogP contribution in [0.15, 0.2) is 29.2 Å². The predicted molar refractivity (Wildman–Crippen MR) is 104 cm³/mol. The average Bonchev–Trinajstić information content (AvgIpc) is 2.84. The molecule has 1 aromatic rings. The highest BCUT2D eigenvalue weighted by molar-refractivity contribution is 7.89. The second kappa shape index (κ2) is 7.84. The Labute approximate surface area is 162 Å². The van der Waals surface area contributed by atoms with Gasteiger partial charge in [-0.25, -0.2) is 13.1 Å². The molecule has 3 N–H and O–H groups in total. The number of fused-ring (bicyclic) bond motifs is 2. The van der Waals surface area contributed by atoms with Gasteiger partial charge in [-0.3, -0.25) is 4.79 Å². The SMILES string of the molecule is CC(C)(C)NS(=O)(=O)c1ccc(C(=O)NC2CC3CCC(C2)N3)cc1.Cl. The Bertz CT molecular complexity index is 732. The van der Waals surface area contributed by atoms with E-state index in [9.17, 15) is 13.2 Å². The zero-order valence-electron chi connectivity index (χ0n) is 15.4. The molecule has 26 heavy (non-hydrogen) atoms. The van der Waals surface area contributed by atoms with Crippen molar-refractivity contribution in [2.75, 3.05) is 0 Å². The molecule has 2 fully saturated rings. The number of carbonyl (C=O) groups excluding carboxylic acids is 1. The van der Waals surface area contributed by atoms with E-state index in [1.807, 2.05) is 0 Å². The summed E-state index contributed by atoms with van der Waals surface area (Å²) in [6.07, 6.45) is 4.29. The Balaban J connectivity index is 0.00000243. The number of amides is 1. The molecule has 146 valence electrons. The van der Waals surface area contributed by atoms with Crippen LogP contribution < -0.4 is 15.4 Å². The monoisotopic (exact) mass is 401 g/mol. The highest BCUT2D eigenvalue weighted by Gasteiger charge is 2.34. The lowest BCUT2D eigenvalue weighted by atomic mass is 9.99. The summed E-state index contributed by atoms with van der Waals surface area (Å²) in [5, 5.41) is 6.64. The second-order valence-corrected chi connectivity index (χ2v) is 9.84. The number of halogens is 1. The summed E-state index contributed by atoms with van der Waals surface area (Å²) >= 11 is 0. The number of hydrogen-bond acceptors (Lipinski definition) is 4. The lowest BCUT2D eigenvalue weighted by Crippen LogP contribution is -2.48. The predicted octanol–water partition coefficient (Wildman–Crippen LogP) is 2.20. The van der Waals surface area contributed by atoms with Crippen LogP contribution in [0, 0.1) is 0 Å². The first kappa shape index (κ1) is 21.2. The molecule has 0 saturated carbocycles. The number of nitrogens with one attached hydrogen (secondary N) is 3. The smallest absolute Gasteiger partial charge is 0.251 e. The van der Waals surface area contributed by atoms with Gasteiger partial charge in [0, 0.05) is 29.2 Å². The van der Waals surface area contributed by atoms with Crippen LogP contribution in [0.25, 0.3) is 0 Å². The summed E-state index contributed by atoms with van der Waals surface area (Å²) in [5.41, 5.74) is -0.0657. The first-order chi connectivity index (χ1) is 11.6. The summed E-state index contributed by atoms with van der Waals surface area (Å²) in [4.78, 5) is 12.6. The maximum Gasteiger partial charge on any atom is 0.251 e. The summed E-state index contributed by atoms with van der Waals surface area (Å²) in [6, 6.07) is 7.33. The van der Waals surface area contributed by atoms with Crippen molar-refractivity contribution < 1.29 is 13.2 Å². The number of sulfonamides is 1. The van der Waals surface area contributed by atoms with Crippen molar-refractivity contribution in [2.24, 2.45) is 0 Å². The van der Waals surface area contributed by atoms with Crippen molar-refractivity contribution in [3.63, 3.8) is 0 Å². The van der Waals surface area contributed by atoms with E-state index in [-0.39, 0.29) is 29.3 Å². The molecule has 1 amide bonds. The van der Waals surface area contributed by atoms with Gasteiger partial charge in [0.15, 0.2) is 0 Å². The van der Waals surface area contributed by atoms with Gasteiger partial charge in [-0.1, -0.05) is 0 Å². The summed E-state index contributed by atoms with van der Waals surface area (Å²) in [6.45, 7) is 5.37. The zero-order chi connectivity index (χ0) is 18.2. The van der Waals surface area contributed by atoms with Gasteiger partial charge in [0.2, 0.25) is 10.0 Å². The molecule has 6 nitrogen and oxygen atoms in total. The number of carbonyl (C=O) groups is 1. The third-order valence-corrected chi connectivity index (χ3v) is 6.45. The van der Waals surface area contributed by atoms with Crippen molar-refractivity contribution >= 4 is 28.3 Å². The van der Waals surface area contributed by atoms with Crippen molar-refractivity contribution in [3.05, 3.63) is 29.8 Å². The fourth-order valence-electron chi connectivity index (χ4n) is 3.69. The Morgan fingerprint density at radius 3 is 2.12 bits per heavy atom. The molecule has 2 saturated heterocycles. The van der Waals surface area contributed by atoms with Crippen LogP contribution in [0.4, 0.5) is 0 Å². The van der Waals surface area contributed by atoms with Gasteiger partial charge in [-0.2, -0.15) is 0 Å². The molecule has 2 unspecified atom stereocenters. The highest BCUT2D eigenvalue weighted by atomic mass is 35.5. The van der Waals surface area contributed by atoms with Gasteiger partial charge >= 0.3 is 0 Å². The van der Waals surface area contributed by atoms with Crippen molar-refractivity contribution in [1.82, 2.24) is 15.4 Å². The zero-order valence-corrected chi connectivity index (χ0v) is 17.0. The molecule has 2 aliphatic heterocycles. The van der Waals surface area contributed by atoms with Gasteiger partial charge < -0.3 is 10.6 Å². The second-order valence-electron chi connectivity index (χ2n) is 8.16. The van der Waals surface area contributed by atoms with Gasteiger partial charge in [-0.05, 0) is 70.7 Å². The van der Waals surface area contributed by atoms with E-state index in [2.05, 4.69) is 15.4 Å². The van der Waals surface area contributed by atoms with Crippen molar-refractivity contribution in [3.8, 4) is 0 Å². The minimum atomic E-state index is -3.58. The Morgan fingerprint density at radius 1 is 1.08 bits per heavy atom. The summed E-state index contributed by atoms with van der Waals surface area (Å²) in [7, 11) is -3.58. The van der Waals surface area contributed by atoms with E-state index in [0.717, 1.165) is 12.8 Å². The maximum atomic E-state index is 12.4. The first-order valence-electron chi connectivity index (χ1n) is 8.83. The minimum Gasteiger partial charge on any atom is -0.349 e. The third kappa shape index (κ3) is 5.19. The Kier molecular flexibility index (Phi) is 6.38. The fourth-order valence-corrected chi connectivity index (χ4v) is 5.11. The topological polar surface area (TPSA) is 87.3 Å². The van der Waals surface area contributed by atoms with Gasteiger partial charge in [-0.15, -0.1) is 12.4 Å². The quantitative estimate of drug-likeness (QED) is 0.721. The van der Waals surface area contributed by atoms with Gasteiger partial charge in [0.25, 0.3) is 5.91 Å². The van der Waals surface area contributed by atoms with Crippen LogP contribution in [0.2, 0.25) is 0 Å². The normalized spacial score (nSPS) is 25.4. The number of hydrogen-bond donors (Lipinski definition) is 3. The van der Waals surface area contributed by atoms with E-state index in [4.69, 9.17) is 0 Å². The number of piperidine rings is 1. The largest absolute Gasteiger partial charge is 0.349 e.